The van der Waals surface area contributed by atoms with Crippen LogP contribution in [0.4, 0.5) is 5.69 Å². The van der Waals surface area contributed by atoms with Gasteiger partial charge in [0.1, 0.15) is 0 Å². The Morgan fingerprint density at radius 2 is 2.16 bits per heavy atom. The monoisotopic (exact) mass is 356 g/mol. The molecule has 3 rings (SSSR count). The first-order valence-electron chi connectivity index (χ1n) is 8.69. The smallest absolute Gasteiger partial charge is 0.225 e. The van der Waals surface area contributed by atoms with E-state index in [9.17, 15) is 4.79 Å². The number of carbonyl (C=O) groups excluding carboxylic acids is 1. The fourth-order valence-corrected chi connectivity index (χ4v) is 3.68. The van der Waals surface area contributed by atoms with Gasteiger partial charge in [-0.15, -0.1) is 11.3 Å². The van der Waals surface area contributed by atoms with Crippen molar-refractivity contribution in [3.05, 3.63) is 52.2 Å². The molecule has 0 bridgehead atoms. The highest BCUT2D eigenvalue weighted by atomic mass is 32.1. The van der Waals surface area contributed by atoms with Gasteiger partial charge < -0.3 is 16.0 Å². The van der Waals surface area contributed by atoms with Gasteiger partial charge in [-0.1, -0.05) is 24.3 Å². The quantitative estimate of drug-likeness (QED) is 0.551. The number of fused-ring (bicyclic) bond motifs is 1. The number of anilines is 1. The molecule has 132 valence electrons. The number of carbonyl (C=O) groups is 1. The summed E-state index contributed by atoms with van der Waals surface area (Å²) < 4.78 is 0. The highest BCUT2D eigenvalue weighted by molar-refractivity contribution is 7.09. The van der Waals surface area contributed by atoms with Gasteiger partial charge in [-0.25, -0.2) is 0 Å². The molecule has 25 heavy (non-hydrogen) atoms. The van der Waals surface area contributed by atoms with Crippen LogP contribution in [0.25, 0.3) is 0 Å². The number of guanidine groups is 1. The molecule has 2 aromatic rings. The molecule has 3 N–H and O–H groups in total. The fraction of sp³-hybridized carbons (Fsp3) is 0.368. The van der Waals surface area contributed by atoms with Crippen LogP contribution in [0, 0.1) is 0 Å². The Morgan fingerprint density at radius 1 is 1.28 bits per heavy atom. The van der Waals surface area contributed by atoms with Crippen LogP contribution in [-0.2, 0) is 11.2 Å². The topological polar surface area (TPSA) is 65.5 Å². The van der Waals surface area contributed by atoms with Crippen molar-refractivity contribution < 1.29 is 4.79 Å². The summed E-state index contributed by atoms with van der Waals surface area (Å²) in [4.78, 5) is 18.0. The molecule has 1 atom stereocenters. The highest BCUT2D eigenvalue weighted by Gasteiger charge is 2.24. The van der Waals surface area contributed by atoms with Gasteiger partial charge in [-0.05, 0) is 36.4 Å². The maximum Gasteiger partial charge on any atom is 0.225 e. The van der Waals surface area contributed by atoms with E-state index in [1.165, 1.54) is 10.4 Å². The molecule has 0 saturated carbocycles. The second kappa shape index (κ2) is 8.67. The molecule has 1 unspecified atom stereocenters. The summed E-state index contributed by atoms with van der Waals surface area (Å²) in [5.74, 6) is 0.995. The van der Waals surface area contributed by atoms with Gasteiger partial charge in [0.15, 0.2) is 5.96 Å². The Bertz CT molecular complexity index is 727. The number of aliphatic imine (C=N–C) groups is 1. The van der Waals surface area contributed by atoms with Gasteiger partial charge >= 0.3 is 0 Å². The van der Waals surface area contributed by atoms with E-state index in [0.717, 1.165) is 31.2 Å². The minimum atomic E-state index is 0.0644. The van der Waals surface area contributed by atoms with Crippen molar-refractivity contribution in [3.63, 3.8) is 0 Å². The third-order valence-electron chi connectivity index (χ3n) is 4.16. The largest absolute Gasteiger partial charge is 0.357 e. The lowest BCUT2D eigenvalue weighted by molar-refractivity contribution is -0.116. The third-order valence-corrected chi connectivity index (χ3v) is 5.10. The SMILES string of the molecule is CCNC(=NCC1CC(=O)Nc2ccccc21)NCCc1cccs1. The van der Waals surface area contributed by atoms with Crippen LogP contribution < -0.4 is 16.0 Å². The summed E-state index contributed by atoms with van der Waals surface area (Å²) in [6, 6.07) is 12.2. The normalized spacial score (nSPS) is 16.9. The Hall–Kier alpha value is -2.34. The summed E-state index contributed by atoms with van der Waals surface area (Å²) in [5, 5.41) is 11.7. The first-order chi connectivity index (χ1) is 12.3. The molecule has 0 fully saturated rings. The number of nitrogens with zero attached hydrogens (tertiary/aromatic N) is 1. The van der Waals surface area contributed by atoms with Gasteiger partial charge in [0.05, 0.1) is 6.54 Å². The molecule has 1 aliphatic heterocycles. The number of benzene rings is 1. The maximum absolute atomic E-state index is 11.9. The Kier molecular flexibility index (Phi) is 6.06. The predicted octanol–water partition coefficient (Wildman–Crippen LogP) is 2.97. The summed E-state index contributed by atoms with van der Waals surface area (Å²) in [7, 11) is 0. The lowest BCUT2D eigenvalue weighted by Crippen LogP contribution is -2.38. The minimum Gasteiger partial charge on any atom is -0.357 e. The van der Waals surface area contributed by atoms with Crippen molar-refractivity contribution >= 4 is 28.9 Å². The lowest BCUT2D eigenvalue weighted by atomic mass is 9.91. The van der Waals surface area contributed by atoms with Gasteiger partial charge in [-0.2, -0.15) is 0 Å². The molecule has 0 aliphatic carbocycles. The molecule has 6 heteroatoms. The summed E-state index contributed by atoms with van der Waals surface area (Å²) in [5.41, 5.74) is 2.08. The molecule has 1 aromatic heterocycles. The van der Waals surface area contributed by atoms with Crippen molar-refractivity contribution in [2.45, 2.75) is 25.7 Å². The van der Waals surface area contributed by atoms with E-state index in [2.05, 4.69) is 46.5 Å². The average molecular weight is 356 g/mol. The van der Waals surface area contributed by atoms with E-state index < -0.39 is 0 Å². The van der Waals surface area contributed by atoms with E-state index >= 15 is 0 Å². The van der Waals surface area contributed by atoms with Crippen molar-refractivity contribution in [3.8, 4) is 0 Å². The standard InChI is InChI=1S/C19H24N4OS/c1-2-20-19(21-10-9-15-6-5-11-25-15)22-13-14-12-18(24)23-17-8-4-3-7-16(14)17/h3-8,11,14H,2,9-10,12-13H2,1H3,(H,23,24)(H2,20,21,22). The van der Waals surface area contributed by atoms with E-state index in [0.29, 0.717) is 13.0 Å². The summed E-state index contributed by atoms with van der Waals surface area (Å²) in [6.45, 7) is 4.30. The van der Waals surface area contributed by atoms with Crippen LogP contribution in [0.2, 0.25) is 0 Å². The molecular formula is C19H24N4OS. The molecule has 1 aromatic carbocycles. The molecule has 0 radical (unpaired) electrons. The zero-order valence-corrected chi connectivity index (χ0v) is 15.2. The van der Waals surface area contributed by atoms with E-state index in [-0.39, 0.29) is 11.8 Å². The molecule has 5 nitrogen and oxygen atoms in total. The van der Waals surface area contributed by atoms with Crippen LogP contribution in [0.15, 0.2) is 46.8 Å². The van der Waals surface area contributed by atoms with Gasteiger partial charge in [0, 0.05) is 36.0 Å². The van der Waals surface area contributed by atoms with Crippen LogP contribution in [0.3, 0.4) is 0 Å². The molecule has 0 spiro atoms. The first kappa shape index (κ1) is 17.5. The van der Waals surface area contributed by atoms with Gasteiger partial charge in [0.2, 0.25) is 5.91 Å². The summed E-state index contributed by atoms with van der Waals surface area (Å²) >= 11 is 1.77. The van der Waals surface area contributed by atoms with Crippen molar-refractivity contribution in [1.29, 1.82) is 0 Å². The molecule has 0 saturated heterocycles. The maximum atomic E-state index is 11.9. The zero-order valence-electron chi connectivity index (χ0n) is 14.4. The number of hydrogen-bond donors (Lipinski definition) is 3. The van der Waals surface area contributed by atoms with Crippen LogP contribution >= 0.6 is 11.3 Å². The number of rotatable bonds is 6. The first-order valence-corrected chi connectivity index (χ1v) is 9.57. The second-order valence-electron chi connectivity index (χ2n) is 6.01. The average Bonchev–Trinajstić information content (AvgIpc) is 3.12. The van der Waals surface area contributed by atoms with Gasteiger partial charge in [0.25, 0.3) is 0 Å². The van der Waals surface area contributed by atoms with E-state index in [1.807, 2.05) is 18.2 Å². The number of nitrogens with one attached hydrogen (secondary N) is 3. The molecule has 2 heterocycles. The Balaban J connectivity index is 1.62. The minimum absolute atomic E-state index is 0.0644. The summed E-state index contributed by atoms with van der Waals surface area (Å²) in [6.07, 6.45) is 1.46. The van der Waals surface area contributed by atoms with Crippen LogP contribution in [-0.4, -0.2) is 31.5 Å². The lowest BCUT2D eigenvalue weighted by Gasteiger charge is -2.24. The Morgan fingerprint density at radius 3 is 2.96 bits per heavy atom. The van der Waals surface area contributed by atoms with Crippen LogP contribution in [0.1, 0.15) is 29.7 Å². The van der Waals surface area contributed by atoms with Crippen molar-refractivity contribution in [2.24, 2.45) is 4.99 Å². The number of hydrogen-bond acceptors (Lipinski definition) is 3. The van der Waals surface area contributed by atoms with Crippen LogP contribution in [0.5, 0.6) is 0 Å². The molecule has 1 amide bonds. The predicted molar refractivity (Wildman–Crippen MR) is 104 cm³/mol. The highest BCUT2D eigenvalue weighted by Crippen LogP contribution is 2.31. The number of amides is 1. The fourth-order valence-electron chi connectivity index (χ4n) is 2.97. The zero-order chi connectivity index (χ0) is 17.5. The Labute approximate surface area is 152 Å². The second-order valence-corrected chi connectivity index (χ2v) is 7.04. The third kappa shape index (κ3) is 4.82. The van der Waals surface area contributed by atoms with Gasteiger partial charge in [-0.3, -0.25) is 9.79 Å². The number of para-hydroxylation sites is 1. The van der Waals surface area contributed by atoms with E-state index in [1.54, 1.807) is 11.3 Å². The molecular weight excluding hydrogens is 332 g/mol. The number of thiophene rings is 1. The van der Waals surface area contributed by atoms with Crippen molar-refractivity contribution in [1.82, 2.24) is 10.6 Å². The van der Waals surface area contributed by atoms with E-state index in [4.69, 9.17) is 4.99 Å². The van der Waals surface area contributed by atoms with Crippen molar-refractivity contribution in [2.75, 3.05) is 25.0 Å². The molecule has 1 aliphatic rings.